The number of carbonyl (C=O) groups excluding carboxylic acids is 2. The number of alkyl carbamates (subject to hydrolysis) is 1. The van der Waals surface area contributed by atoms with Gasteiger partial charge in [0.2, 0.25) is 5.78 Å². The fourth-order valence-electron chi connectivity index (χ4n) is 0.865. The lowest BCUT2D eigenvalue weighted by molar-refractivity contribution is -0.113. The summed E-state index contributed by atoms with van der Waals surface area (Å²) in [4.78, 5) is 22.5. The average Bonchev–Trinajstić information content (AvgIpc) is 2.11. The highest BCUT2D eigenvalue weighted by Crippen LogP contribution is 2.06. The Bertz CT molecular complexity index is 329. The highest BCUT2D eigenvalue weighted by Gasteiger charge is 2.16. The molecule has 0 aliphatic carbocycles. The molecule has 0 fully saturated rings. The van der Waals surface area contributed by atoms with E-state index < -0.39 is 11.7 Å². The van der Waals surface area contributed by atoms with E-state index in [-0.39, 0.29) is 12.3 Å². The fourth-order valence-corrected chi connectivity index (χ4v) is 0.865. The minimum Gasteiger partial charge on any atom is -0.444 e. The fraction of sp³-hybridized carbons (Fsp3) is 0.692. The first-order valence-electron chi connectivity index (χ1n) is 5.69. The maximum absolute atomic E-state index is 11.3. The Morgan fingerprint density at radius 2 is 1.88 bits per heavy atom. The van der Waals surface area contributed by atoms with Crippen molar-refractivity contribution in [1.29, 1.82) is 0 Å². The summed E-state index contributed by atoms with van der Waals surface area (Å²) < 4.78 is 4.98. The number of hydrogen-bond donors (Lipinski definition) is 1. The Morgan fingerprint density at radius 3 is 2.35 bits per heavy atom. The molecule has 0 saturated heterocycles. The Morgan fingerprint density at radius 1 is 1.29 bits per heavy atom. The third-order valence-corrected chi connectivity index (χ3v) is 1.53. The van der Waals surface area contributed by atoms with Crippen molar-refractivity contribution in [3.63, 3.8) is 0 Å². The lowest BCUT2D eigenvalue weighted by Crippen LogP contribution is -2.35. The average molecular weight is 239 g/mol. The van der Waals surface area contributed by atoms with E-state index in [2.05, 4.69) is 17.2 Å². The van der Waals surface area contributed by atoms with Crippen LogP contribution >= 0.6 is 0 Å². The van der Waals surface area contributed by atoms with Crippen LogP contribution in [-0.2, 0) is 9.53 Å². The predicted molar refractivity (Wildman–Crippen MR) is 66.5 cm³/mol. The highest BCUT2D eigenvalue weighted by molar-refractivity contribution is 5.98. The van der Waals surface area contributed by atoms with Crippen molar-refractivity contribution in [3.8, 4) is 11.8 Å². The summed E-state index contributed by atoms with van der Waals surface area (Å²) in [6.45, 7) is 9.22. The molecule has 0 aromatic carbocycles. The van der Waals surface area contributed by atoms with E-state index in [1.54, 1.807) is 20.8 Å². The molecule has 0 unspecified atom stereocenters. The van der Waals surface area contributed by atoms with Gasteiger partial charge in [-0.3, -0.25) is 4.79 Å². The molecule has 0 heterocycles. The number of amides is 1. The molecule has 0 radical (unpaired) electrons. The van der Waals surface area contributed by atoms with E-state index in [9.17, 15) is 9.59 Å². The van der Waals surface area contributed by atoms with Gasteiger partial charge >= 0.3 is 6.09 Å². The van der Waals surface area contributed by atoms with Gasteiger partial charge in [-0.25, -0.2) is 4.79 Å². The molecule has 1 N–H and O–H groups in total. The van der Waals surface area contributed by atoms with Gasteiger partial charge in [-0.15, -0.1) is 0 Å². The molecule has 0 aliphatic rings. The van der Waals surface area contributed by atoms with E-state index >= 15 is 0 Å². The van der Waals surface area contributed by atoms with Crippen LogP contribution in [0.1, 0.15) is 41.0 Å². The zero-order chi connectivity index (χ0) is 13.5. The summed E-state index contributed by atoms with van der Waals surface area (Å²) in [6, 6.07) is 0. The van der Waals surface area contributed by atoms with Gasteiger partial charge in [0.1, 0.15) is 5.60 Å². The molecule has 17 heavy (non-hydrogen) atoms. The molecule has 0 atom stereocenters. The van der Waals surface area contributed by atoms with Crippen LogP contribution in [0.4, 0.5) is 4.79 Å². The summed E-state index contributed by atoms with van der Waals surface area (Å²) >= 11 is 0. The molecule has 0 bridgehead atoms. The second-order valence-corrected chi connectivity index (χ2v) is 5.18. The molecular weight excluding hydrogens is 218 g/mol. The number of ether oxygens (including phenoxy) is 1. The molecule has 96 valence electrons. The predicted octanol–water partition coefficient (Wildman–Crippen LogP) is 2.13. The van der Waals surface area contributed by atoms with Crippen molar-refractivity contribution < 1.29 is 14.3 Å². The Labute approximate surface area is 103 Å². The molecule has 4 nitrogen and oxygen atoms in total. The second-order valence-electron chi connectivity index (χ2n) is 5.18. The van der Waals surface area contributed by atoms with Crippen molar-refractivity contribution in [2.45, 2.75) is 46.6 Å². The standard InChI is InChI=1S/C13H21NO3/c1-10(2)7-6-8-11(15)9-14-12(16)17-13(3,4)5/h10H,7,9H2,1-5H3,(H,14,16). The molecule has 0 rings (SSSR count). The Hall–Kier alpha value is -1.50. The zero-order valence-electron chi connectivity index (χ0n) is 11.2. The number of hydrogen-bond acceptors (Lipinski definition) is 3. The number of carbonyl (C=O) groups is 2. The van der Waals surface area contributed by atoms with Crippen molar-refractivity contribution in [1.82, 2.24) is 5.32 Å². The van der Waals surface area contributed by atoms with Gasteiger partial charge in [-0.05, 0) is 32.6 Å². The lowest BCUT2D eigenvalue weighted by Gasteiger charge is -2.19. The molecule has 0 saturated carbocycles. The number of Topliss-reactive ketones (excluding diaryl/α,β-unsaturated/α-hetero) is 1. The van der Waals surface area contributed by atoms with E-state index in [0.717, 1.165) is 0 Å². The maximum Gasteiger partial charge on any atom is 0.408 e. The van der Waals surface area contributed by atoms with Crippen molar-refractivity contribution in [2.75, 3.05) is 6.54 Å². The van der Waals surface area contributed by atoms with Gasteiger partial charge in [0.25, 0.3) is 0 Å². The van der Waals surface area contributed by atoms with Gasteiger partial charge in [0, 0.05) is 6.42 Å². The minimum absolute atomic E-state index is 0.111. The monoisotopic (exact) mass is 239 g/mol. The molecule has 4 heteroatoms. The van der Waals surface area contributed by atoms with Crippen molar-refractivity contribution >= 4 is 11.9 Å². The van der Waals surface area contributed by atoms with Gasteiger partial charge < -0.3 is 10.1 Å². The normalized spacial score (nSPS) is 10.5. The Balaban J connectivity index is 3.91. The van der Waals surface area contributed by atoms with Crippen LogP contribution in [0, 0.1) is 17.8 Å². The summed E-state index contributed by atoms with van der Waals surface area (Å²) in [5.41, 5.74) is -0.559. The summed E-state index contributed by atoms with van der Waals surface area (Å²) in [7, 11) is 0. The summed E-state index contributed by atoms with van der Waals surface area (Å²) in [6.07, 6.45) is 0.0783. The van der Waals surface area contributed by atoms with Crippen LogP contribution < -0.4 is 5.32 Å². The molecule has 0 aliphatic heterocycles. The number of ketones is 1. The van der Waals surface area contributed by atoms with Crippen LogP contribution in [0.3, 0.4) is 0 Å². The molecule has 0 aromatic heterocycles. The molecule has 1 amide bonds. The largest absolute Gasteiger partial charge is 0.444 e. The SMILES string of the molecule is CC(C)CC#CC(=O)CNC(=O)OC(C)(C)C. The van der Waals surface area contributed by atoms with Crippen LogP contribution in [0.25, 0.3) is 0 Å². The van der Waals surface area contributed by atoms with Gasteiger partial charge in [0.15, 0.2) is 0 Å². The van der Waals surface area contributed by atoms with Gasteiger partial charge in [-0.2, -0.15) is 0 Å². The van der Waals surface area contributed by atoms with E-state index in [0.29, 0.717) is 12.3 Å². The third-order valence-electron chi connectivity index (χ3n) is 1.53. The van der Waals surface area contributed by atoms with Gasteiger partial charge in [-0.1, -0.05) is 19.8 Å². The lowest BCUT2D eigenvalue weighted by atomic mass is 10.1. The maximum atomic E-state index is 11.3. The topological polar surface area (TPSA) is 55.4 Å². The van der Waals surface area contributed by atoms with Gasteiger partial charge in [0.05, 0.1) is 6.54 Å². The molecule has 0 aromatic rings. The van der Waals surface area contributed by atoms with E-state index in [1.807, 2.05) is 13.8 Å². The second kappa shape index (κ2) is 6.95. The summed E-state index contributed by atoms with van der Waals surface area (Å²) in [5, 5.41) is 2.36. The first kappa shape index (κ1) is 15.5. The first-order chi connectivity index (χ1) is 7.70. The number of rotatable bonds is 3. The van der Waals surface area contributed by atoms with E-state index in [1.165, 1.54) is 0 Å². The third kappa shape index (κ3) is 10.8. The van der Waals surface area contributed by atoms with Crippen LogP contribution in [0.15, 0.2) is 0 Å². The number of nitrogens with one attached hydrogen (secondary N) is 1. The van der Waals surface area contributed by atoms with Crippen LogP contribution in [-0.4, -0.2) is 24.0 Å². The van der Waals surface area contributed by atoms with Crippen LogP contribution in [0.5, 0.6) is 0 Å². The highest BCUT2D eigenvalue weighted by atomic mass is 16.6. The quantitative estimate of drug-likeness (QED) is 0.606. The smallest absolute Gasteiger partial charge is 0.408 e. The molecule has 0 spiro atoms. The van der Waals surface area contributed by atoms with Crippen LogP contribution in [0.2, 0.25) is 0 Å². The Kier molecular flexibility index (Phi) is 6.34. The summed E-state index contributed by atoms with van der Waals surface area (Å²) in [5.74, 6) is 5.37. The van der Waals surface area contributed by atoms with E-state index in [4.69, 9.17) is 4.74 Å². The van der Waals surface area contributed by atoms with Crippen molar-refractivity contribution in [2.24, 2.45) is 5.92 Å². The minimum atomic E-state index is -0.600. The molecular formula is C13H21NO3. The zero-order valence-corrected chi connectivity index (χ0v) is 11.2. The first-order valence-corrected chi connectivity index (χ1v) is 5.69. The van der Waals surface area contributed by atoms with Crippen molar-refractivity contribution in [3.05, 3.63) is 0 Å².